The van der Waals surface area contributed by atoms with Crippen LogP contribution in [0.2, 0.25) is 0 Å². The quantitative estimate of drug-likeness (QED) is 0.749. The van der Waals surface area contributed by atoms with Gasteiger partial charge < -0.3 is 10.4 Å². The zero-order valence-electron chi connectivity index (χ0n) is 11.3. The molecule has 2 atom stereocenters. The van der Waals surface area contributed by atoms with Crippen LogP contribution in [0.25, 0.3) is 16.8 Å². The van der Waals surface area contributed by atoms with E-state index in [1.165, 1.54) is 0 Å². The molecule has 3 heterocycles. The van der Waals surface area contributed by atoms with Gasteiger partial charge in [0, 0.05) is 17.8 Å². The van der Waals surface area contributed by atoms with Crippen LogP contribution in [-0.4, -0.2) is 30.3 Å². The number of rotatable bonds is 2. The fourth-order valence-electron chi connectivity index (χ4n) is 3.34. The summed E-state index contributed by atoms with van der Waals surface area (Å²) in [5.41, 5.74) is 3.47. The minimum Gasteiger partial charge on any atom is -0.345 e. The molecule has 102 valence electrons. The van der Waals surface area contributed by atoms with E-state index in [0.29, 0.717) is 11.8 Å². The van der Waals surface area contributed by atoms with Gasteiger partial charge in [-0.05, 0) is 24.8 Å². The molecule has 0 aliphatic heterocycles. The van der Waals surface area contributed by atoms with Crippen molar-refractivity contribution in [3.8, 4) is 0 Å². The molecule has 0 spiro atoms. The summed E-state index contributed by atoms with van der Waals surface area (Å²) >= 11 is 0. The first-order valence-electron chi connectivity index (χ1n) is 7.01. The van der Waals surface area contributed by atoms with E-state index in [2.05, 4.69) is 31.5 Å². The second-order valence-electron chi connectivity index (χ2n) is 5.51. The summed E-state index contributed by atoms with van der Waals surface area (Å²) in [7, 11) is 0. The third-order valence-electron chi connectivity index (χ3n) is 4.37. The fourth-order valence-corrected chi connectivity index (χ4v) is 3.34. The number of H-pyrrole nitrogens is 1. The summed E-state index contributed by atoms with van der Waals surface area (Å²) < 4.78 is 2.09. The molecule has 1 fully saturated rings. The molecule has 0 amide bonds. The first-order valence-corrected chi connectivity index (χ1v) is 7.01. The number of nitrogens with one attached hydrogen (secondary N) is 2. The van der Waals surface area contributed by atoms with E-state index >= 15 is 0 Å². The Morgan fingerprint density at radius 2 is 2.30 bits per heavy atom. The second kappa shape index (κ2) is 4.13. The second-order valence-corrected chi connectivity index (χ2v) is 5.51. The van der Waals surface area contributed by atoms with Crippen molar-refractivity contribution in [1.82, 2.24) is 24.6 Å². The largest absolute Gasteiger partial charge is 0.345 e. The Hall–Kier alpha value is -2.24. The van der Waals surface area contributed by atoms with Crippen LogP contribution in [-0.2, 0) is 0 Å². The molecule has 3 aromatic rings. The molecule has 6 nitrogen and oxygen atoms in total. The monoisotopic (exact) mass is 268 g/mol. The number of nitrogens with zero attached hydrogens (tertiary/aromatic N) is 4. The van der Waals surface area contributed by atoms with E-state index in [-0.39, 0.29) is 0 Å². The lowest BCUT2D eigenvalue weighted by Crippen LogP contribution is -2.09. The Morgan fingerprint density at radius 3 is 3.15 bits per heavy atom. The summed E-state index contributed by atoms with van der Waals surface area (Å²) in [4.78, 5) is 7.47. The molecule has 0 radical (unpaired) electrons. The van der Waals surface area contributed by atoms with Gasteiger partial charge in [0.15, 0.2) is 11.3 Å². The number of hydrogen-bond acceptors (Lipinski definition) is 4. The number of fused-ring (bicyclic) bond motifs is 3. The van der Waals surface area contributed by atoms with Crippen LogP contribution in [0.5, 0.6) is 0 Å². The Kier molecular flexibility index (Phi) is 2.39. The Morgan fingerprint density at radius 1 is 1.40 bits per heavy atom. The molecule has 0 unspecified atom stereocenters. The molecular formula is C14H16N6. The van der Waals surface area contributed by atoms with Crippen molar-refractivity contribution in [2.75, 3.05) is 0 Å². The van der Waals surface area contributed by atoms with Crippen molar-refractivity contribution < 1.29 is 0 Å². The third kappa shape index (κ3) is 1.51. The zero-order chi connectivity index (χ0) is 13.7. The average Bonchev–Trinajstić information content (AvgIpc) is 3.13. The normalized spacial score (nSPS) is 23.1. The highest BCUT2D eigenvalue weighted by atomic mass is 15.3. The topological polar surface area (TPSA) is 82.7 Å². The number of aromatic amines is 1. The van der Waals surface area contributed by atoms with E-state index in [1.807, 2.05) is 12.3 Å². The van der Waals surface area contributed by atoms with Gasteiger partial charge in [-0.25, -0.2) is 4.98 Å². The van der Waals surface area contributed by atoms with Crippen molar-refractivity contribution in [3.63, 3.8) is 0 Å². The molecule has 0 bridgehead atoms. The molecule has 2 N–H and O–H groups in total. The highest BCUT2D eigenvalue weighted by Crippen LogP contribution is 2.39. The van der Waals surface area contributed by atoms with Gasteiger partial charge in [-0.3, -0.25) is 4.40 Å². The van der Waals surface area contributed by atoms with Crippen molar-refractivity contribution in [3.05, 3.63) is 24.3 Å². The highest BCUT2D eigenvalue weighted by Gasteiger charge is 2.34. The van der Waals surface area contributed by atoms with Crippen molar-refractivity contribution in [2.24, 2.45) is 5.92 Å². The van der Waals surface area contributed by atoms with Crippen molar-refractivity contribution in [2.45, 2.75) is 32.1 Å². The summed E-state index contributed by atoms with van der Waals surface area (Å²) in [6, 6.07) is 2.00. The predicted molar refractivity (Wildman–Crippen MR) is 76.1 cm³/mol. The predicted octanol–water partition coefficient (Wildman–Crippen LogP) is 2.53. The molecule has 20 heavy (non-hydrogen) atoms. The smallest absolute Gasteiger partial charge is 0.179 e. The van der Waals surface area contributed by atoms with Gasteiger partial charge in [0.25, 0.3) is 0 Å². The molecule has 6 heteroatoms. The van der Waals surface area contributed by atoms with Gasteiger partial charge in [0.1, 0.15) is 5.82 Å². The Labute approximate surface area is 115 Å². The van der Waals surface area contributed by atoms with Gasteiger partial charge in [-0.2, -0.15) is 0 Å². The number of aromatic nitrogens is 5. The van der Waals surface area contributed by atoms with E-state index in [0.717, 1.165) is 47.6 Å². The SMILES string of the molecule is CC[C@@H]1CC(=N)C[C@@H]1c1nnc2cnc3[nH]ccc3n12. The first kappa shape index (κ1) is 11.6. The van der Waals surface area contributed by atoms with Crippen LogP contribution < -0.4 is 0 Å². The molecule has 1 saturated carbocycles. The van der Waals surface area contributed by atoms with Gasteiger partial charge in [-0.15, -0.1) is 10.2 Å². The minimum absolute atomic E-state index is 0.294. The van der Waals surface area contributed by atoms with Gasteiger partial charge in [0.2, 0.25) is 0 Å². The van der Waals surface area contributed by atoms with Crippen LogP contribution in [0.4, 0.5) is 0 Å². The van der Waals surface area contributed by atoms with Crippen molar-refractivity contribution in [1.29, 1.82) is 5.41 Å². The third-order valence-corrected chi connectivity index (χ3v) is 4.37. The lowest BCUT2D eigenvalue weighted by atomic mass is 9.93. The van der Waals surface area contributed by atoms with E-state index in [1.54, 1.807) is 6.20 Å². The van der Waals surface area contributed by atoms with E-state index < -0.39 is 0 Å². The van der Waals surface area contributed by atoms with Crippen LogP contribution in [0, 0.1) is 11.3 Å². The minimum atomic E-state index is 0.294. The molecule has 0 saturated heterocycles. The number of hydrogen-bond donors (Lipinski definition) is 2. The summed E-state index contributed by atoms with van der Waals surface area (Å²) in [6.45, 7) is 2.19. The lowest BCUT2D eigenvalue weighted by molar-refractivity contribution is 0.453. The van der Waals surface area contributed by atoms with E-state index in [9.17, 15) is 0 Å². The standard InChI is InChI=1S/C14H16N6/c1-2-8-5-9(15)6-10(8)14-19-18-12-7-17-13-11(20(12)14)3-4-16-13/h3-4,7-8,10,15-16H,2,5-6H2,1H3/t8-,10+/m1/s1. The molecular weight excluding hydrogens is 252 g/mol. The molecule has 1 aliphatic rings. The molecule has 3 aromatic heterocycles. The lowest BCUT2D eigenvalue weighted by Gasteiger charge is -2.15. The Balaban J connectivity index is 1.95. The van der Waals surface area contributed by atoms with Gasteiger partial charge >= 0.3 is 0 Å². The maximum atomic E-state index is 7.98. The zero-order valence-corrected chi connectivity index (χ0v) is 11.3. The Bertz CT molecular complexity index is 798. The van der Waals surface area contributed by atoms with Crippen LogP contribution >= 0.6 is 0 Å². The maximum absolute atomic E-state index is 7.98. The average molecular weight is 268 g/mol. The molecule has 0 aromatic carbocycles. The molecule has 4 rings (SSSR count). The fraction of sp³-hybridized carbons (Fsp3) is 0.429. The summed E-state index contributed by atoms with van der Waals surface area (Å²) in [5.74, 6) is 1.76. The van der Waals surface area contributed by atoms with E-state index in [4.69, 9.17) is 5.41 Å². The summed E-state index contributed by atoms with van der Waals surface area (Å²) in [5, 5.41) is 16.6. The molecule has 1 aliphatic carbocycles. The van der Waals surface area contributed by atoms with Crippen LogP contribution in [0.3, 0.4) is 0 Å². The van der Waals surface area contributed by atoms with Gasteiger partial charge in [-0.1, -0.05) is 13.3 Å². The van der Waals surface area contributed by atoms with Crippen LogP contribution in [0.15, 0.2) is 18.5 Å². The van der Waals surface area contributed by atoms with Crippen molar-refractivity contribution >= 4 is 22.5 Å². The summed E-state index contributed by atoms with van der Waals surface area (Å²) in [6.07, 6.45) is 6.39. The maximum Gasteiger partial charge on any atom is 0.179 e. The highest BCUT2D eigenvalue weighted by molar-refractivity contribution is 5.85. The van der Waals surface area contributed by atoms with Gasteiger partial charge in [0.05, 0.1) is 11.7 Å². The first-order chi connectivity index (χ1) is 9.78. The van der Waals surface area contributed by atoms with Crippen LogP contribution in [0.1, 0.15) is 37.9 Å².